The highest BCUT2D eigenvalue weighted by atomic mass is 16.1. The van der Waals surface area contributed by atoms with Crippen molar-refractivity contribution in [3.63, 3.8) is 0 Å². The Kier molecular flexibility index (Phi) is 4.41. The molecule has 0 saturated heterocycles. The average Bonchev–Trinajstić information content (AvgIpc) is 3.46. The quantitative estimate of drug-likeness (QED) is 0.702. The van der Waals surface area contributed by atoms with Crippen LogP contribution in [0.1, 0.15) is 71.9 Å². The van der Waals surface area contributed by atoms with Gasteiger partial charge in [0.2, 0.25) is 0 Å². The van der Waals surface area contributed by atoms with Crippen molar-refractivity contribution >= 4 is 11.6 Å². The summed E-state index contributed by atoms with van der Waals surface area (Å²) in [5.41, 5.74) is 3.02. The summed E-state index contributed by atoms with van der Waals surface area (Å²) in [6.45, 7) is 4.17. The van der Waals surface area contributed by atoms with Crippen molar-refractivity contribution in [3.8, 4) is 0 Å². The smallest absolute Gasteiger partial charge is 0.274 e. The summed E-state index contributed by atoms with van der Waals surface area (Å²) in [6.07, 6.45) is 6.00. The third-order valence-corrected chi connectivity index (χ3v) is 6.25. The highest BCUT2D eigenvalue weighted by Crippen LogP contribution is 2.51. The number of nitrogens with zero attached hydrogens (tertiary/aromatic N) is 5. The van der Waals surface area contributed by atoms with Crippen LogP contribution in [-0.4, -0.2) is 30.6 Å². The van der Waals surface area contributed by atoms with Gasteiger partial charge in [-0.3, -0.25) is 4.79 Å². The SMILES string of the molecule is Cc1cc(C(=O)Nc2cccc(C3(c4nncn4C)CC(C)C3)c2)nc(C2CC2)n1. The molecule has 0 radical (unpaired) electrons. The number of carbonyl (C=O) groups is 1. The number of nitrogens with one attached hydrogen (secondary N) is 1. The lowest BCUT2D eigenvalue weighted by atomic mass is 9.58. The lowest BCUT2D eigenvalue weighted by Gasteiger charge is -2.46. The third-order valence-electron chi connectivity index (χ3n) is 6.25. The molecule has 0 spiro atoms. The molecule has 0 bridgehead atoms. The van der Waals surface area contributed by atoms with Crippen LogP contribution < -0.4 is 5.32 Å². The van der Waals surface area contributed by atoms with Crippen molar-refractivity contribution in [2.75, 3.05) is 5.32 Å². The first-order valence-corrected chi connectivity index (χ1v) is 10.6. The van der Waals surface area contributed by atoms with E-state index in [0.29, 0.717) is 17.5 Å². The van der Waals surface area contributed by atoms with Crippen LogP contribution >= 0.6 is 0 Å². The van der Waals surface area contributed by atoms with E-state index in [1.54, 1.807) is 12.4 Å². The first-order valence-electron chi connectivity index (χ1n) is 10.6. The van der Waals surface area contributed by atoms with Gasteiger partial charge < -0.3 is 9.88 Å². The van der Waals surface area contributed by atoms with Crippen molar-refractivity contribution in [2.24, 2.45) is 13.0 Å². The average molecular weight is 403 g/mol. The zero-order chi connectivity index (χ0) is 20.9. The molecule has 154 valence electrons. The van der Waals surface area contributed by atoms with E-state index in [0.717, 1.165) is 54.3 Å². The topological polar surface area (TPSA) is 85.6 Å². The summed E-state index contributed by atoms with van der Waals surface area (Å²) >= 11 is 0. The summed E-state index contributed by atoms with van der Waals surface area (Å²) in [5, 5.41) is 11.5. The van der Waals surface area contributed by atoms with Crippen LogP contribution in [0, 0.1) is 12.8 Å². The minimum atomic E-state index is -0.200. The van der Waals surface area contributed by atoms with Gasteiger partial charge in [0.15, 0.2) is 0 Å². The van der Waals surface area contributed by atoms with Gasteiger partial charge in [-0.05, 0) is 62.3 Å². The van der Waals surface area contributed by atoms with Crippen LogP contribution in [-0.2, 0) is 12.5 Å². The van der Waals surface area contributed by atoms with E-state index < -0.39 is 0 Å². The van der Waals surface area contributed by atoms with Crippen LogP contribution in [0.15, 0.2) is 36.7 Å². The number of hydrogen-bond acceptors (Lipinski definition) is 5. The number of benzene rings is 1. The van der Waals surface area contributed by atoms with E-state index in [4.69, 9.17) is 0 Å². The molecule has 1 aromatic carbocycles. The fraction of sp³-hybridized carbons (Fsp3) is 0.435. The Morgan fingerprint density at radius 1 is 1.20 bits per heavy atom. The van der Waals surface area contributed by atoms with Gasteiger partial charge in [0.05, 0.1) is 5.41 Å². The van der Waals surface area contributed by atoms with E-state index in [-0.39, 0.29) is 11.3 Å². The van der Waals surface area contributed by atoms with E-state index in [9.17, 15) is 4.79 Å². The number of amides is 1. The molecule has 0 aliphatic heterocycles. The fourth-order valence-corrected chi connectivity index (χ4v) is 4.72. The monoisotopic (exact) mass is 402 g/mol. The molecule has 1 N–H and O–H groups in total. The van der Waals surface area contributed by atoms with Crippen LogP contribution in [0.2, 0.25) is 0 Å². The summed E-state index contributed by atoms with van der Waals surface area (Å²) in [4.78, 5) is 21.9. The first-order chi connectivity index (χ1) is 14.4. The van der Waals surface area contributed by atoms with Crippen LogP contribution in [0.3, 0.4) is 0 Å². The second-order valence-corrected chi connectivity index (χ2v) is 8.92. The standard InChI is InChI=1S/C23H26N6O/c1-14-11-23(12-14,22-28-24-13-29(22)3)17-5-4-6-18(10-17)26-21(30)19-9-15(2)25-20(27-19)16-7-8-16/h4-6,9-10,13-14,16H,7-8,11-12H2,1-3H3,(H,26,30). The van der Waals surface area contributed by atoms with E-state index >= 15 is 0 Å². The van der Waals surface area contributed by atoms with E-state index in [1.807, 2.05) is 30.7 Å². The van der Waals surface area contributed by atoms with Gasteiger partial charge in [0, 0.05) is 24.3 Å². The van der Waals surface area contributed by atoms with E-state index in [1.165, 1.54) is 0 Å². The second-order valence-electron chi connectivity index (χ2n) is 8.92. The molecule has 2 aromatic heterocycles. The molecule has 1 amide bonds. The van der Waals surface area contributed by atoms with Crippen LogP contribution in [0.4, 0.5) is 5.69 Å². The Bertz CT molecular complexity index is 1110. The predicted molar refractivity (Wildman–Crippen MR) is 113 cm³/mol. The Morgan fingerprint density at radius 2 is 2.00 bits per heavy atom. The molecule has 7 heteroatoms. The molecule has 7 nitrogen and oxygen atoms in total. The van der Waals surface area contributed by atoms with Crippen molar-refractivity contribution < 1.29 is 4.79 Å². The Balaban J connectivity index is 1.43. The molecule has 2 aliphatic carbocycles. The summed E-state index contributed by atoms with van der Waals surface area (Å²) in [5.74, 6) is 2.61. The summed E-state index contributed by atoms with van der Waals surface area (Å²) < 4.78 is 2.00. The number of aryl methyl sites for hydroxylation is 2. The predicted octanol–water partition coefficient (Wildman–Crippen LogP) is 3.76. The zero-order valence-corrected chi connectivity index (χ0v) is 17.6. The maximum absolute atomic E-state index is 12.9. The summed E-state index contributed by atoms with van der Waals surface area (Å²) in [7, 11) is 1.99. The number of aromatic nitrogens is 5. The minimum absolute atomic E-state index is 0.157. The van der Waals surface area contributed by atoms with Crippen molar-refractivity contribution in [1.82, 2.24) is 24.7 Å². The maximum Gasteiger partial charge on any atom is 0.274 e. The van der Waals surface area contributed by atoms with Gasteiger partial charge in [0.25, 0.3) is 5.91 Å². The minimum Gasteiger partial charge on any atom is -0.321 e. The molecule has 0 unspecified atom stereocenters. The maximum atomic E-state index is 12.9. The zero-order valence-electron chi connectivity index (χ0n) is 17.6. The first kappa shape index (κ1) is 18.9. The molecule has 2 saturated carbocycles. The molecular weight excluding hydrogens is 376 g/mol. The number of carbonyl (C=O) groups excluding carboxylic acids is 1. The lowest BCUT2D eigenvalue weighted by Crippen LogP contribution is -2.43. The van der Waals surface area contributed by atoms with Gasteiger partial charge in [0.1, 0.15) is 23.7 Å². The molecule has 2 fully saturated rings. The van der Waals surface area contributed by atoms with Gasteiger partial charge >= 0.3 is 0 Å². The number of anilines is 1. The number of hydrogen-bond donors (Lipinski definition) is 1. The largest absolute Gasteiger partial charge is 0.321 e. The highest BCUT2D eigenvalue weighted by Gasteiger charge is 2.48. The lowest BCUT2D eigenvalue weighted by molar-refractivity contribution is 0.102. The Hall–Kier alpha value is -3.09. The molecule has 2 aliphatic rings. The molecule has 30 heavy (non-hydrogen) atoms. The van der Waals surface area contributed by atoms with Crippen molar-refractivity contribution in [3.05, 3.63) is 65.3 Å². The van der Waals surface area contributed by atoms with Gasteiger partial charge in [-0.25, -0.2) is 9.97 Å². The molecular formula is C23H26N6O. The normalized spacial score (nSPS) is 23.1. The van der Waals surface area contributed by atoms with Crippen LogP contribution in [0.5, 0.6) is 0 Å². The van der Waals surface area contributed by atoms with Gasteiger partial charge in [-0.1, -0.05) is 19.1 Å². The molecule has 3 aromatic rings. The fourth-order valence-electron chi connectivity index (χ4n) is 4.72. The summed E-state index contributed by atoms with van der Waals surface area (Å²) in [6, 6.07) is 9.85. The Labute approximate surface area is 176 Å². The van der Waals surface area contributed by atoms with Crippen molar-refractivity contribution in [1.29, 1.82) is 0 Å². The third kappa shape index (κ3) is 3.28. The number of rotatable bonds is 5. The van der Waals surface area contributed by atoms with Gasteiger partial charge in [-0.15, -0.1) is 10.2 Å². The van der Waals surface area contributed by atoms with Crippen LogP contribution in [0.25, 0.3) is 0 Å². The Morgan fingerprint density at radius 3 is 2.67 bits per heavy atom. The van der Waals surface area contributed by atoms with Gasteiger partial charge in [-0.2, -0.15) is 0 Å². The molecule has 2 heterocycles. The van der Waals surface area contributed by atoms with E-state index in [2.05, 4.69) is 44.5 Å². The highest BCUT2D eigenvalue weighted by molar-refractivity contribution is 6.03. The second kappa shape index (κ2) is 7.00. The molecule has 0 atom stereocenters. The van der Waals surface area contributed by atoms with Crippen molar-refractivity contribution in [2.45, 2.75) is 50.9 Å². The molecule has 5 rings (SSSR count).